The zero-order valence-corrected chi connectivity index (χ0v) is 17.8. The summed E-state index contributed by atoms with van der Waals surface area (Å²) in [5.41, 5.74) is 0.639. The van der Waals surface area contributed by atoms with Crippen LogP contribution in [-0.4, -0.2) is 60.6 Å². The number of phenolic OH excluding ortho intramolecular Hbond substituents is 1. The zero-order chi connectivity index (χ0) is 18.1. The van der Waals surface area contributed by atoms with Gasteiger partial charge >= 0.3 is 0 Å². The van der Waals surface area contributed by atoms with Crippen LogP contribution in [0.4, 0.5) is 5.69 Å². The van der Waals surface area contributed by atoms with Gasteiger partial charge in [-0.05, 0) is 57.1 Å². The Balaban J connectivity index is 0.00000338. The molecule has 8 heteroatoms. The maximum Gasteiger partial charge on any atom is 0.246 e. The molecule has 1 aromatic carbocycles. The van der Waals surface area contributed by atoms with E-state index in [4.69, 9.17) is 0 Å². The van der Waals surface area contributed by atoms with Gasteiger partial charge in [-0.2, -0.15) is 0 Å². The molecule has 26 heavy (non-hydrogen) atoms. The number of carbonyl (C=O) groups is 1. The van der Waals surface area contributed by atoms with Crippen LogP contribution in [0.15, 0.2) is 29.3 Å². The Hall–Kier alpha value is -1.55. The van der Waals surface area contributed by atoms with E-state index in [1.165, 1.54) is 25.0 Å². The second kappa shape index (κ2) is 11.9. The zero-order valence-electron chi connectivity index (χ0n) is 15.5. The molecule has 1 aliphatic heterocycles. The first-order chi connectivity index (χ1) is 12.1. The van der Waals surface area contributed by atoms with Crippen molar-refractivity contribution in [2.75, 3.05) is 38.0 Å². The predicted molar refractivity (Wildman–Crippen MR) is 116 cm³/mol. The van der Waals surface area contributed by atoms with Crippen molar-refractivity contribution in [2.24, 2.45) is 4.99 Å². The van der Waals surface area contributed by atoms with Crippen LogP contribution in [0, 0.1) is 0 Å². The molecule has 1 saturated heterocycles. The van der Waals surface area contributed by atoms with Crippen molar-refractivity contribution in [1.82, 2.24) is 15.5 Å². The van der Waals surface area contributed by atoms with Crippen molar-refractivity contribution in [2.45, 2.75) is 32.7 Å². The Kier molecular flexibility index (Phi) is 10.3. The first kappa shape index (κ1) is 22.5. The van der Waals surface area contributed by atoms with Gasteiger partial charge in [-0.15, -0.1) is 24.0 Å². The first-order valence-corrected chi connectivity index (χ1v) is 8.97. The average molecular weight is 475 g/mol. The molecule has 146 valence electrons. The molecule has 0 bridgehead atoms. The molecule has 1 unspecified atom stereocenters. The Morgan fingerprint density at radius 2 is 2.00 bits per heavy atom. The van der Waals surface area contributed by atoms with E-state index in [-0.39, 0.29) is 42.2 Å². The van der Waals surface area contributed by atoms with Gasteiger partial charge in [-0.3, -0.25) is 9.69 Å². The number of hydrogen-bond donors (Lipinski definition) is 4. The van der Waals surface area contributed by atoms with E-state index in [2.05, 4.69) is 32.8 Å². The maximum absolute atomic E-state index is 12.0. The average Bonchev–Trinajstić information content (AvgIpc) is 3.07. The van der Waals surface area contributed by atoms with E-state index >= 15 is 0 Å². The summed E-state index contributed by atoms with van der Waals surface area (Å²) < 4.78 is 0. The van der Waals surface area contributed by atoms with Gasteiger partial charge in [0, 0.05) is 24.8 Å². The number of aliphatic imine (C=N–C) groups is 1. The topological polar surface area (TPSA) is 89.0 Å². The van der Waals surface area contributed by atoms with Gasteiger partial charge in [-0.1, -0.05) is 6.92 Å². The normalized spacial score (nSPS) is 17.5. The number of likely N-dealkylation sites (N-methyl/N-ethyl adjacent to an activating group) is 1. The number of nitrogens with zero attached hydrogens (tertiary/aromatic N) is 2. The number of amides is 1. The Morgan fingerprint density at radius 1 is 1.27 bits per heavy atom. The summed E-state index contributed by atoms with van der Waals surface area (Å²) in [5.74, 6) is 0.632. The number of likely N-dealkylation sites (tertiary alicyclic amines) is 1. The SMILES string of the molecule is CCNC(=NCC(=O)Nc1ccc(O)cc1)NCC1CCCN1CC.I. The molecule has 1 heterocycles. The molecule has 2 rings (SSSR count). The number of hydrogen-bond acceptors (Lipinski definition) is 4. The molecular weight excluding hydrogens is 445 g/mol. The highest BCUT2D eigenvalue weighted by Crippen LogP contribution is 2.15. The van der Waals surface area contributed by atoms with Crippen molar-refractivity contribution >= 4 is 41.5 Å². The molecule has 1 atom stereocenters. The molecule has 1 amide bonds. The van der Waals surface area contributed by atoms with Crippen LogP contribution in [0.2, 0.25) is 0 Å². The molecule has 4 N–H and O–H groups in total. The highest BCUT2D eigenvalue weighted by atomic mass is 127. The van der Waals surface area contributed by atoms with Gasteiger partial charge in [0.2, 0.25) is 5.91 Å². The van der Waals surface area contributed by atoms with Crippen LogP contribution in [0.3, 0.4) is 0 Å². The second-order valence-corrected chi connectivity index (χ2v) is 6.10. The number of anilines is 1. The van der Waals surface area contributed by atoms with Gasteiger partial charge in [-0.25, -0.2) is 4.99 Å². The van der Waals surface area contributed by atoms with E-state index < -0.39 is 0 Å². The van der Waals surface area contributed by atoms with Gasteiger partial charge < -0.3 is 21.1 Å². The number of halogens is 1. The third-order valence-electron chi connectivity index (χ3n) is 4.29. The Morgan fingerprint density at radius 3 is 2.65 bits per heavy atom. The largest absolute Gasteiger partial charge is 0.508 e. The predicted octanol–water partition coefficient (Wildman–Crippen LogP) is 1.99. The number of phenols is 1. The molecule has 0 aliphatic carbocycles. The van der Waals surface area contributed by atoms with Crippen molar-refractivity contribution in [3.05, 3.63) is 24.3 Å². The summed E-state index contributed by atoms with van der Waals surface area (Å²) in [7, 11) is 0. The highest BCUT2D eigenvalue weighted by molar-refractivity contribution is 14.0. The summed E-state index contributed by atoms with van der Waals surface area (Å²) in [4.78, 5) is 18.8. The van der Waals surface area contributed by atoms with Crippen molar-refractivity contribution < 1.29 is 9.90 Å². The minimum absolute atomic E-state index is 0. The molecule has 0 aromatic heterocycles. The minimum atomic E-state index is -0.195. The van der Waals surface area contributed by atoms with Gasteiger partial charge in [0.25, 0.3) is 0 Å². The Bertz CT molecular complexity index is 579. The summed E-state index contributed by atoms with van der Waals surface area (Å²) >= 11 is 0. The lowest BCUT2D eigenvalue weighted by molar-refractivity contribution is -0.114. The molecule has 1 aliphatic rings. The van der Waals surface area contributed by atoms with Crippen LogP contribution < -0.4 is 16.0 Å². The fraction of sp³-hybridized carbons (Fsp3) is 0.556. The lowest BCUT2D eigenvalue weighted by Crippen LogP contribution is -2.45. The molecule has 0 saturated carbocycles. The summed E-state index contributed by atoms with van der Waals surface area (Å²) in [6.45, 7) is 8.03. The lowest BCUT2D eigenvalue weighted by atomic mass is 10.2. The molecule has 0 radical (unpaired) electrons. The van der Waals surface area contributed by atoms with Crippen LogP contribution in [0.5, 0.6) is 5.75 Å². The van der Waals surface area contributed by atoms with E-state index in [9.17, 15) is 9.90 Å². The van der Waals surface area contributed by atoms with E-state index in [1.54, 1.807) is 12.1 Å². The minimum Gasteiger partial charge on any atom is -0.508 e. The van der Waals surface area contributed by atoms with E-state index in [0.717, 1.165) is 26.2 Å². The quantitative estimate of drug-likeness (QED) is 0.210. The molecule has 0 spiro atoms. The number of guanidine groups is 1. The summed E-state index contributed by atoms with van der Waals surface area (Å²) in [5, 5.41) is 18.5. The Labute approximate surface area is 172 Å². The monoisotopic (exact) mass is 475 g/mol. The number of aromatic hydroxyl groups is 1. The van der Waals surface area contributed by atoms with Crippen LogP contribution in [0.1, 0.15) is 26.7 Å². The fourth-order valence-corrected chi connectivity index (χ4v) is 3.00. The third kappa shape index (κ3) is 7.36. The van der Waals surface area contributed by atoms with Crippen LogP contribution >= 0.6 is 24.0 Å². The smallest absolute Gasteiger partial charge is 0.246 e. The number of rotatable bonds is 7. The molecule has 1 aromatic rings. The number of nitrogens with one attached hydrogen (secondary N) is 3. The van der Waals surface area contributed by atoms with Gasteiger partial charge in [0.05, 0.1) is 0 Å². The lowest BCUT2D eigenvalue weighted by Gasteiger charge is -2.23. The number of benzene rings is 1. The molecule has 7 nitrogen and oxygen atoms in total. The highest BCUT2D eigenvalue weighted by Gasteiger charge is 2.22. The van der Waals surface area contributed by atoms with E-state index in [1.807, 2.05) is 6.92 Å². The third-order valence-corrected chi connectivity index (χ3v) is 4.29. The summed E-state index contributed by atoms with van der Waals surface area (Å²) in [6, 6.07) is 6.90. The van der Waals surface area contributed by atoms with Crippen LogP contribution in [0.25, 0.3) is 0 Å². The van der Waals surface area contributed by atoms with Crippen molar-refractivity contribution in [1.29, 1.82) is 0 Å². The summed E-state index contributed by atoms with van der Waals surface area (Å²) in [6.07, 6.45) is 2.44. The van der Waals surface area contributed by atoms with E-state index in [0.29, 0.717) is 17.7 Å². The van der Waals surface area contributed by atoms with Gasteiger partial charge in [0.15, 0.2) is 5.96 Å². The number of carbonyl (C=O) groups excluding carboxylic acids is 1. The molecular formula is C18H30IN5O2. The standard InChI is InChI=1S/C18H29N5O2.HI/c1-3-19-18(20-12-15-6-5-11-23(15)4-2)21-13-17(25)22-14-7-9-16(24)10-8-14;/h7-10,15,24H,3-6,11-13H2,1-2H3,(H,22,25)(H2,19,20,21);1H. The first-order valence-electron chi connectivity index (χ1n) is 8.97. The maximum atomic E-state index is 12.0. The molecule has 1 fully saturated rings. The van der Waals surface area contributed by atoms with Crippen molar-refractivity contribution in [3.8, 4) is 5.75 Å². The second-order valence-electron chi connectivity index (χ2n) is 6.10. The van der Waals surface area contributed by atoms with Crippen LogP contribution in [-0.2, 0) is 4.79 Å². The van der Waals surface area contributed by atoms with Gasteiger partial charge in [0.1, 0.15) is 12.3 Å². The van der Waals surface area contributed by atoms with Crippen molar-refractivity contribution in [3.63, 3.8) is 0 Å². The fourth-order valence-electron chi connectivity index (χ4n) is 3.00.